The molecule has 0 saturated heterocycles. The smallest absolute Gasteiger partial charge is 0.152 e. The molecule has 1 saturated carbocycles. The van der Waals surface area contributed by atoms with Crippen LogP contribution in [0.4, 0.5) is 5.69 Å². The van der Waals surface area contributed by atoms with Crippen LogP contribution in [0.2, 0.25) is 5.15 Å². The van der Waals surface area contributed by atoms with E-state index in [1.807, 2.05) is 12.1 Å². The van der Waals surface area contributed by atoms with Crippen molar-refractivity contribution in [1.29, 1.82) is 0 Å². The Labute approximate surface area is 126 Å². The van der Waals surface area contributed by atoms with Crippen LogP contribution < -0.4 is 5.32 Å². The number of anilines is 1. The molecule has 3 rings (SSSR count). The van der Waals surface area contributed by atoms with Gasteiger partial charge in [0.25, 0.3) is 0 Å². The Kier molecular flexibility index (Phi) is 3.76. The molecule has 0 bridgehead atoms. The van der Waals surface area contributed by atoms with E-state index >= 15 is 0 Å². The SMILES string of the molecule is Clc1ncccc1NC1CC(c2cccc(Br)c2)C1. The zero-order chi connectivity index (χ0) is 13.2. The summed E-state index contributed by atoms with van der Waals surface area (Å²) in [5.41, 5.74) is 2.34. The second-order valence-corrected chi connectivity index (χ2v) is 6.18. The molecule has 19 heavy (non-hydrogen) atoms. The van der Waals surface area contributed by atoms with Gasteiger partial charge in [0.1, 0.15) is 0 Å². The van der Waals surface area contributed by atoms with Crippen LogP contribution in [0, 0.1) is 0 Å². The molecule has 98 valence electrons. The number of benzene rings is 1. The summed E-state index contributed by atoms with van der Waals surface area (Å²) in [6, 6.07) is 12.9. The molecule has 1 aromatic carbocycles. The van der Waals surface area contributed by atoms with E-state index in [1.165, 1.54) is 5.56 Å². The Morgan fingerprint density at radius 3 is 2.79 bits per heavy atom. The minimum atomic E-state index is 0.491. The maximum absolute atomic E-state index is 6.04. The van der Waals surface area contributed by atoms with Gasteiger partial charge in [-0.1, -0.05) is 39.7 Å². The summed E-state index contributed by atoms with van der Waals surface area (Å²) in [6.45, 7) is 0. The second-order valence-electron chi connectivity index (χ2n) is 4.91. The summed E-state index contributed by atoms with van der Waals surface area (Å²) in [6.07, 6.45) is 3.99. The fourth-order valence-electron chi connectivity index (χ4n) is 2.48. The van der Waals surface area contributed by atoms with Gasteiger partial charge in [0.2, 0.25) is 0 Å². The molecule has 2 aromatic rings. The van der Waals surface area contributed by atoms with Crippen molar-refractivity contribution >= 4 is 33.2 Å². The Balaban J connectivity index is 1.60. The van der Waals surface area contributed by atoms with Gasteiger partial charge in [-0.25, -0.2) is 4.98 Å². The number of hydrogen-bond donors (Lipinski definition) is 1. The summed E-state index contributed by atoms with van der Waals surface area (Å²) in [5.74, 6) is 0.644. The summed E-state index contributed by atoms with van der Waals surface area (Å²) in [7, 11) is 0. The molecular weight excluding hydrogens is 324 g/mol. The number of hydrogen-bond acceptors (Lipinski definition) is 2. The fraction of sp³-hybridized carbons (Fsp3) is 0.267. The molecule has 0 unspecified atom stereocenters. The topological polar surface area (TPSA) is 24.9 Å². The Morgan fingerprint density at radius 1 is 1.21 bits per heavy atom. The molecule has 0 spiro atoms. The van der Waals surface area contributed by atoms with Gasteiger partial charge in [0.05, 0.1) is 5.69 Å². The minimum absolute atomic E-state index is 0.491. The molecule has 4 heteroatoms. The first-order valence-electron chi connectivity index (χ1n) is 6.35. The van der Waals surface area contributed by atoms with Gasteiger partial charge in [-0.05, 0) is 48.6 Å². The van der Waals surface area contributed by atoms with Crippen molar-refractivity contribution in [3.63, 3.8) is 0 Å². The average molecular weight is 338 g/mol. The lowest BCUT2D eigenvalue weighted by atomic mass is 9.76. The number of aromatic nitrogens is 1. The molecule has 1 aliphatic carbocycles. The molecule has 2 nitrogen and oxygen atoms in total. The highest BCUT2D eigenvalue weighted by Crippen LogP contribution is 2.39. The van der Waals surface area contributed by atoms with Crippen LogP contribution >= 0.6 is 27.5 Å². The van der Waals surface area contributed by atoms with E-state index in [0.717, 1.165) is 23.0 Å². The first-order valence-corrected chi connectivity index (χ1v) is 7.52. The van der Waals surface area contributed by atoms with Gasteiger partial charge in [-0.3, -0.25) is 0 Å². The van der Waals surface area contributed by atoms with Crippen molar-refractivity contribution in [2.45, 2.75) is 24.8 Å². The first-order chi connectivity index (χ1) is 9.22. The van der Waals surface area contributed by atoms with Crippen molar-refractivity contribution < 1.29 is 0 Å². The van der Waals surface area contributed by atoms with E-state index < -0.39 is 0 Å². The van der Waals surface area contributed by atoms with E-state index in [2.05, 4.69) is 50.5 Å². The highest BCUT2D eigenvalue weighted by atomic mass is 79.9. The van der Waals surface area contributed by atoms with Gasteiger partial charge < -0.3 is 5.32 Å². The quantitative estimate of drug-likeness (QED) is 0.809. The van der Waals surface area contributed by atoms with Crippen LogP contribution in [-0.2, 0) is 0 Å². The van der Waals surface area contributed by atoms with Crippen molar-refractivity contribution in [1.82, 2.24) is 4.98 Å². The largest absolute Gasteiger partial charge is 0.380 e. The molecule has 0 radical (unpaired) electrons. The third-order valence-electron chi connectivity index (χ3n) is 3.58. The normalized spacial score (nSPS) is 21.8. The lowest BCUT2D eigenvalue weighted by Gasteiger charge is -2.37. The van der Waals surface area contributed by atoms with Gasteiger partial charge in [-0.15, -0.1) is 0 Å². The standard InChI is InChI=1S/C15H14BrClN2/c16-12-4-1-3-10(7-12)11-8-13(9-11)19-14-5-2-6-18-15(14)17/h1-7,11,13,19H,8-9H2. The van der Waals surface area contributed by atoms with Crippen LogP contribution in [-0.4, -0.2) is 11.0 Å². The van der Waals surface area contributed by atoms with Crippen LogP contribution in [0.15, 0.2) is 47.1 Å². The molecule has 0 atom stereocenters. The first kappa shape index (κ1) is 12.9. The van der Waals surface area contributed by atoms with Crippen molar-refractivity contribution in [3.05, 3.63) is 57.8 Å². The molecule has 1 heterocycles. The summed E-state index contributed by atoms with van der Waals surface area (Å²) < 4.78 is 1.15. The van der Waals surface area contributed by atoms with Crippen molar-refractivity contribution in [2.24, 2.45) is 0 Å². The second kappa shape index (κ2) is 5.51. The number of rotatable bonds is 3. The summed E-state index contributed by atoms with van der Waals surface area (Å²) in [4.78, 5) is 4.08. The number of nitrogens with one attached hydrogen (secondary N) is 1. The van der Waals surface area contributed by atoms with Crippen LogP contribution in [0.3, 0.4) is 0 Å². The molecule has 0 aliphatic heterocycles. The Hall–Kier alpha value is -1.06. The number of halogens is 2. The van der Waals surface area contributed by atoms with Crippen molar-refractivity contribution in [3.8, 4) is 0 Å². The average Bonchev–Trinajstić information content (AvgIpc) is 2.35. The maximum Gasteiger partial charge on any atom is 0.152 e. The predicted octanol–water partition coefficient (Wildman–Crippen LogP) is 4.86. The number of nitrogens with zero attached hydrogens (tertiary/aromatic N) is 1. The van der Waals surface area contributed by atoms with Gasteiger partial charge in [0.15, 0.2) is 5.15 Å². The zero-order valence-corrected chi connectivity index (χ0v) is 12.7. The molecule has 1 N–H and O–H groups in total. The Bertz CT molecular complexity index is 582. The van der Waals surface area contributed by atoms with Gasteiger partial charge in [0, 0.05) is 16.7 Å². The third kappa shape index (κ3) is 2.93. The zero-order valence-electron chi connectivity index (χ0n) is 10.3. The lowest BCUT2D eigenvalue weighted by molar-refractivity contribution is 0.374. The van der Waals surface area contributed by atoms with E-state index in [-0.39, 0.29) is 0 Å². The summed E-state index contributed by atoms with van der Waals surface area (Å²) >= 11 is 9.56. The van der Waals surface area contributed by atoms with Gasteiger partial charge in [-0.2, -0.15) is 0 Å². The predicted molar refractivity (Wildman–Crippen MR) is 82.8 cm³/mol. The van der Waals surface area contributed by atoms with Crippen LogP contribution in [0.25, 0.3) is 0 Å². The minimum Gasteiger partial charge on any atom is -0.380 e. The molecule has 1 aromatic heterocycles. The molecular formula is C15H14BrClN2. The van der Waals surface area contributed by atoms with E-state index in [1.54, 1.807) is 6.20 Å². The highest BCUT2D eigenvalue weighted by Gasteiger charge is 2.30. The molecule has 1 fully saturated rings. The highest BCUT2D eigenvalue weighted by molar-refractivity contribution is 9.10. The maximum atomic E-state index is 6.04. The van der Waals surface area contributed by atoms with E-state index in [0.29, 0.717) is 17.1 Å². The fourth-order valence-corrected chi connectivity index (χ4v) is 3.07. The van der Waals surface area contributed by atoms with Crippen LogP contribution in [0.5, 0.6) is 0 Å². The third-order valence-corrected chi connectivity index (χ3v) is 4.37. The van der Waals surface area contributed by atoms with Gasteiger partial charge >= 0.3 is 0 Å². The lowest BCUT2D eigenvalue weighted by Crippen LogP contribution is -2.34. The van der Waals surface area contributed by atoms with Crippen molar-refractivity contribution in [2.75, 3.05) is 5.32 Å². The van der Waals surface area contributed by atoms with E-state index in [9.17, 15) is 0 Å². The van der Waals surface area contributed by atoms with Crippen LogP contribution in [0.1, 0.15) is 24.3 Å². The van der Waals surface area contributed by atoms with E-state index in [4.69, 9.17) is 11.6 Å². The summed E-state index contributed by atoms with van der Waals surface area (Å²) in [5, 5.41) is 4.00. The number of pyridine rings is 1. The molecule has 0 amide bonds. The Morgan fingerprint density at radius 2 is 2.05 bits per heavy atom. The monoisotopic (exact) mass is 336 g/mol. The molecule has 1 aliphatic rings.